The number of nitrogens with two attached hydrogens (primary N) is 1. The number of aryl methyl sites for hydroxylation is 2. The lowest BCUT2D eigenvalue weighted by molar-refractivity contribution is 0.404. The van der Waals surface area contributed by atoms with E-state index in [2.05, 4.69) is 31.1 Å². The van der Waals surface area contributed by atoms with Crippen molar-refractivity contribution in [2.24, 2.45) is 0 Å². The van der Waals surface area contributed by atoms with Crippen LogP contribution in [0.1, 0.15) is 46.7 Å². The molecule has 0 amide bonds. The molecule has 0 spiro atoms. The predicted octanol–water partition coefficient (Wildman–Crippen LogP) is 3.34. The number of fused-ring (bicyclic) bond motifs is 1. The van der Waals surface area contributed by atoms with E-state index in [0.717, 1.165) is 18.5 Å². The SMILES string of the molecule is Cc1cc(C)c2c(c1)C(c1nocc1N)CCC2. The summed E-state index contributed by atoms with van der Waals surface area (Å²) in [6.45, 7) is 4.34. The van der Waals surface area contributed by atoms with Gasteiger partial charge in [-0.15, -0.1) is 0 Å². The topological polar surface area (TPSA) is 52.0 Å². The third kappa shape index (κ3) is 1.70. The van der Waals surface area contributed by atoms with Gasteiger partial charge in [0.05, 0.1) is 5.69 Å². The smallest absolute Gasteiger partial charge is 0.147 e. The minimum absolute atomic E-state index is 0.297. The van der Waals surface area contributed by atoms with E-state index in [1.54, 1.807) is 0 Å². The number of anilines is 1. The second kappa shape index (κ2) is 4.16. The lowest BCUT2D eigenvalue weighted by atomic mass is 9.78. The zero-order valence-corrected chi connectivity index (χ0v) is 10.9. The van der Waals surface area contributed by atoms with Gasteiger partial charge in [-0.3, -0.25) is 0 Å². The molecule has 0 radical (unpaired) electrons. The first kappa shape index (κ1) is 11.3. The first-order valence-electron chi connectivity index (χ1n) is 6.46. The van der Waals surface area contributed by atoms with Crippen LogP contribution in [-0.2, 0) is 6.42 Å². The van der Waals surface area contributed by atoms with Crippen LogP contribution in [-0.4, -0.2) is 5.16 Å². The van der Waals surface area contributed by atoms with Crippen LogP contribution in [0.3, 0.4) is 0 Å². The zero-order chi connectivity index (χ0) is 12.7. The molecule has 1 atom stereocenters. The number of aromatic nitrogens is 1. The largest absolute Gasteiger partial charge is 0.395 e. The van der Waals surface area contributed by atoms with Crippen molar-refractivity contribution in [3.8, 4) is 0 Å². The Morgan fingerprint density at radius 3 is 2.89 bits per heavy atom. The minimum atomic E-state index is 0.297. The van der Waals surface area contributed by atoms with Crippen molar-refractivity contribution in [2.75, 3.05) is 5.73 Å². The molecule has 94 valence electrons. The molecule has 1 aromatic heterocycles. The molecule has 3 rings (SSSR count). The van der Waals surface area contributed by atoms with Crippen molar-refractivity contribution in [3.63, 3.8) is 0 Å². The van der Waals surface area contributed by atoms with Gasteiger partial charge >= 0.3 is 0 Å². The van der Waals surface area contributed by atoms with Crippen molar-refractivity contribution in [1.82, 2.24) is 5.16 Å². The van der Waals surface area contributed by atoms with Gasteiger partial charge in [0.25, 0.3) is 0 Å². The summed E-state index contributed by atoms with van der Waals surface area (Å²) in [5.41, 5.74) is 13.1. The van der Waals surface area contributed by atoms with E-state index in [0.29, 0.717) is 11.6 Å². The molecule has 2 aromatic rings. The lowest BCUT2D eigenvalue weighted by Gasteiger charge is -2.26. The number of rotatable bonds is 1. The highest BCUT2D eigenvalue weighted by Gasteiger charge is 2.27. The number of hydrogen-bond donors (Lipinski definition) is 1. The number of hydrogen-bond acceptors (Lipinski definition) is 3. The van der Waals surface area contributed by atoms with Gasteiger partial charge in [0.15, 0.2) is 0 Å². The molecule has 1 aliphatic carbocycles. The molecule has 1 heterocycles. The molecule has 1 aliphatic rings. The van der Waals surface area contributed by atoms with Crippen LogP contribution in [0.4, 0.5) is 5.69 Å². The fourth-order valence-electron chi connectivity index (χ4n) is 3.12. The van der Waals surface area contributed by atoms with Crippen LogP contribution in [0.15, 0.2) is 22.9 Å². The summed E-state index contributed by atoms with van der Waals surface area (Å²) in [4.78, 5) is 0. The molecule has 0 bridgehead atoms. The molecule has 3 heteroatoms. The van der Waals surface area contributed by atoms with Gasteiger partial charge in [0.1, 0.15) is 12.0 Å². The second-order valence-corrected chi connectivity index (χ2v) is 5.25. The average molecular weight is 242 g/mol. The summed E-state index contributed by atoms with van der Waals surface area (Å²) in [6.07, 6.45) is 4.99. The third-order valence-electron chi connectivity index (χ3n) is 3.90. The Bertz CT molecular complexity index is 586. The lowest BCUT2D eigenvalue weighted by Crippen LogP contribution is -2.14. The third-order valence-corrected chi connectivity index (χ3v) is 3.90. The van der Waals surface area contributed by atoms with Gasteiger partial charge in [0.2, 0.25) is 0 Å². The molecule has 1 unspecified atom stereocenters. The summed E-state index contributed by atoms with van der Waals surface area (Å²) < 4.78 is 5.00. The minimum Gasteiger partial charge on any atom is -0.395 e. The predicted molar refractivity (Wildman–Crippen MR) is 71.6 cm³/mol. The van der Waals surface area contributed by atoms with E-state index in [-0.39, 0.29) is 0 Å². The molecule has 2 N–H and O–H groups in total. The molecule has 18 heavy (non-hydrogen) atoms. The number of nitrogens with zero attached hydrogens (tertiary/aromatic N) is 1. The van der Waals surface area contributed by atoms with Crippen molar-refractivity contribution in [3.05, 3.63) is 46.3 Å². The Balaban J connectivity index is 2.15. The average Bonchev–Trinajstić information content (AvgIpc) is 2.74. The molecular formula is C15H18N2O. The van der Waals surface area contributed by atoms with Crippen molar-refractivity contribution in [1.29, 1.82) is 0 Å². The Morgan fingerprint density at radius 2 is 2.17 bits per heavy atom. The van der Waals surface area contributed by atoms with Crippen molar-refractivity contribution >= 4 is 5.69 Å². The number of nitrogen functional groups attached to an aromatic ring is 1. The van der Waals surface area contributed by atoms with Crippen LogP contribution in [0.2, 0.25) is 0 Å². The fourth-order valence-corrected chi connectivity index (χ4v) is 3.12. The van der Waals surface area contributed by atoms with E-state index in [1.165, 1.54) is 34.9 Å². The second-order valence-electron chi connectivity index (χ2n) is 5.25. The van der Waals surface area contributed by atoms with Gasteiger partial charge in [-0.25, -0.2) is 0 Å². The van der Waals surface area contributed by atoms with E-state index >= 15 is 0 Å². The maximum Gasteiger partial charge on any atom is 0.147 e. The van der Waals surface area contributed by atoms with Crippen LogP contribution in [0, 0.1) is 13.8 Å². The maximum atomic E-state index is 5.95. The molecular weight excluding hydrogens is 224 g/mol. The summed E-state index contributed by atoms with van der Waals surface area (Å²) in [5, 5.41) is 4.10. The number of benzene rings is 1. The maximum absolute atomic E-state index is 5.95. The van der Waals surface area contributed by atoms with Gasteiger partial charge < -0.3 is 10.3 Å². The zero-order valence-electron chi connectivity index (χ0n) is 10.9. The van der Waals surface area contributed by atoms with E-state index < -0.39 is 0 Å². The first-order chi connectivity index (χ1) is 8.66. The molecule has 0 fully saturated rings. The van der Waals surface area contributed by atoms with Crippen LogP contribution >= 0.6 is 0 Å². The van der Waals surface area contributed by atoms with E-state index in [9.17, 15) is 0 Å². The van der Waals surface area contributed by atoms with Crippen molar-refractivity contribution in [2.45, 2.75) is 39.0 Å². The van der Waals surface area contributed by atoms with E-state index in [4.69, 9.17) is 10.3 Å². The van der Waals surface area contributed by atoms with Crippen molar-refractivity contribution < 1.29 is 4.52 Å². The van der Waals surface area contributed by atoms with Gasteiger partial charge in [0, 0.05) is 5.92 Å². The Kier molecular flexibility index (Phi) is 2.62. The van der Waals surface area contributed by atoms with Gasteiger partial charge in [-0.2, -0.15) is 0 Å². The first-order valence-corrected chi connectivity index (χ1v) is 6.46. The fraction of sp³-hybridized carbons (Fsp3) is 0.400. The Hall–Kier alpha value is -1.77. The Labute approximate surface area is 107 Å². The van der Waals surface area contributed by atoms with E-state index in [1.807, 2.05) is 0 Å². The molecule has 3 nitrogen and oxygen atoms in total. The summed E-state index contributed by atoms with van der Waals surface area (Å²) >= 11 is 0. The van der Waals surface area contributed by atoms with Gasteiger partial charge in [-0.1, -0.05) is 22.9 Å². The summed E-state index contributed by atoms with van der Waals surface area (Å²) in [6, 6.07) is 4.54. The van der Waals surface area contributed by atoms with Crippen LogP contribution in [0.5, 0.6) is 0 Å². The van der Waals surface area contributed by atoms with Gasteiger partial charge in [-0.05, 0) is 49.8 Å². The highest BCUT2D eigenvalue weighted by atomic mass is 16.5. The molecule has 0 aliphatic heterocycles. The quantitative estimate of drug-likeness (QED) is 0.834. The molecule has 0 saturated heterocycles. The summed E-state index contributed by atoms with van der Waals surface area (Å²) in [7, 11) is 0. The van der Waals surface area contributed by atoms with Crippen LogP contribution < -0.4 is 5.73 Å². The molecule has 0 saturated carbocycles. The molecule has 1 aromatic carbocycles. The monoisotopic (exact) mass is 242 g/mol. The standard InChI is InChI=1S/C15H18N2O/c1-9-6-10(2)11-4-3-5-12(13(11)7-9)15-14(16)8-18-17-15/h6-8,12H,3-5,16H2,1-2H3. The highest BCUT2D eigenvalue weighted by Crippen LogP contribution is 2.39. The highest BCUT2D eigenvalue weighted by molar-refractivity contribution is 5.50. The normalized spacial score (nSPS) is 18.7. The Morgan fingerprint density at radius 1 is 1.33 bits per heavy atom. The summed E-state index contributed by atoms with van der Waals surface area (Å²) in [5.74, 6) is 0.297. The van der Waals surface area contributed by atoms with Crippen LogP contribution in [0.25, 0.3) is 0 Å².